The lowest BCUT2D eigenvalue weighted by atomic mass is 10.3. The predicted molar refractivity (Wildman–Crippen MR) is 57.0 cm³/mol. The third-order valence-electron chi connectivity index (χ3n) is 1.40. The van der Waals surface area contributed by atoms with Gasteiger partial charge < -0.3 is 10.2 Å². The molecule has 0 amide bonds. The monoisotopic (exact) mass is 268 g/mol. The van der Waals surface area contributed by atoms with Gasteiger partial charge in [0, 0.05) is 11.3 Å². The largest absolute Gasteiger partial charge is 0.479 e. The minimum Gasteiger partial charge on any atom is -0.479 e. The summed E-state index contributed by atoms with van der Waals surface area (Å²) in [5.74, 6) is -1.11. The van der Waals surface area contributed by atoms with Gasteiger partial charge in [-0.2, -0.15) is 0 Å². The van der Waals surface area contributed by atoms with Crippen LogP contribution in [-0.4, -0.2) is 31.8 Å². The number of aliphatic hydroxyl groups is 1. The van der Waals surface area contributed by atoms with Crippen LogP contribution in [0, 0.1) is 0 Å². The first-order valence-electron chi connectivity index (χ1n) is 3.71. The Kier molecular flexibility index (Phi) is 4.59. The zero-order chi connectivity index (χ0) is 11.4. The molecular weight excluding hydrogens is 263 g/mol. The molecule has 0 aliphatic rings. The predicted octanol–water partition coefficient (Wildman–Crippen LogP) is 1.42. The number of aliphatic hydroxyl groups excluding tert-OH is 1. The zero-order valence-electron chi connectivity index (χ0n) is 7.22. The molecule has 0 bridgehead atoms. The van der Waals surface area contributed by atoms with Crippen molar-refractivity contribution < 1.29 is 15.0 Å². The second-order valence-corrected chi connectivity index (χ2v) is 4.30. The molecule has 1 atom stereocenters. The van der Waals surface area contributed by atoms with Crippen LogP contribution in [0.2, 0.25) is 10.3 Å². The van der Waals surface area contributed by atoms with E-state index < -0.39 is 11.4 Å². The van der Waals surface area contributed by atoms with Crippen molar-refractivity contribution in [3.63, 3.8) is 0 Å². The number of rotatable bonds is 4. The van der Waals surface area contributed by atoms with Crippen molar-refractivity contribution in [3.05, 3.63) is 21.9 Å². The number of halogens is 2. The molecule has 1 rings (SSSR count). The van der Waals surface area contributed by atoms with Gasteiger partial charge in [0.05, 0.1) is 0 Å². The highest BCUT2D eigenvalue weighted by Gasteiger charge is 2.14. The van der Waals surface area contributed by atoms with Gasteiger partial charge in [-0.25, -0.2) is 4.79 Å². The van der Waals surface area contributed by atoms with Gasteiger partial charge in [-0.15, -0.1) is 22.0 Å². The molecule has 2 N–H and O–H groups in total. The van der Waals surface area contributed by atoms with Crippen LogP contribution in [0.1, 0.15) is 5.56 Å². The van der Waals surface area contributed by atoms with Gasteiger partial charge in [0.1, 0.15) is 0 Å². The molecule has 1 aromatic rings. The van der Waals surface area contributed by atoms with Crippen molar-refractivity contribution in [2.24, 2.45) is 0 Å². The van der Waals surface area contributed by atoms with Gasteiger partial charge in [0.15, 0.2) is 15.7 Å². The Morgan fingerprint density at radius 1 is 1.53 bits per heavy atom. The van der Waals surface area contributed by atoms with Gasteiger partial charge in [-0.3, -0.25) is 0 Å². The molecule has 1 unspecified atom stereocenters. The highest BCUT2D eigenvalue weighted by molar-refractivity contribution is 7.99. The molecule has 0 aromatic carbocycles. The summed E-state index contributed by atoms with van der Waals surface area (Å²) in [5, 5.41) is 24.8. The summed E-state index contributed by atoms with van der Waals surface area (Å²) in [6, 6.07) is 1.47. The van der Waals surface area contributed by atoms with Crippen molar-refractivity contribution in [2.75, 3.05) is 0 Å². The summed E-state index contributed by atoms with van der Waals surface area (Å²) >= 11 is 12.1. The molecule has 0 radical (unpaired) electrons. The van der Waals surface area contributed by atoms with E-state index in [4.69, 9.17) is 33.4 Å². The Balaban J connectivity index is 2.65. The number of hydrogen-bond acceptors (Lipinski definition) is 5. The minimum atomic E-state index is -1.49. The highest BCUT2D eigenvalue weighted by Crippen LogP contribution is 2.22. The Bertz CT molecular complexity index is 377. The Morgan fingerprint density at radius 2 is 2.20 bits per heavy atom. The molecule has 0 saturated carbocycles. The van der Waals surface area contributed by atoms with E-state index in [0.717, 1.165) is 11.8 Å². The number of nitrogens with zero attached hydrogens (tertiary/aromatic N) is 2. The number of aromatic nitrogens is 2. The van der Waals surface area contributed by atoms with Gasteiger partial charge in [-0.05, 0) is 6.07 Å². The topological polar surface area (TPSA) is 83.3 Å². The normalized spacial score (nSPS) is 12.5. The molecule has 0 aliphatic carbocycles. The number of carboxylic acids is 1. The molecule has 0 spiro atoms. The number of thioether (sulfide) groups is 1. The van der Waals surface area contributed by atoms with E-state index in [2.05, 4.69) is 10.2 Å². The fourth-order valence-corrected chi connectivity index (χ4v) is 1.84. The Labute approximate surface area is 99.4 Å². The number of carbonyl (C=O) groups is 1. The molecule has 0 aliphatic heterocycles. The van der Waals surface area contributed by atoms with E-state index in [-0.39, 0.29) is 16.1 Å². The number of hydrogen-bond donors (Lipinski definition) is 2. The third kappa shape index (κ3) is 3.83. The fraction of sp³-hybridized carbons (Fsp3) is 0.286. The first-order valence-corrected chi connectivity index (χ1v) is 5.51. The second-order valence-electron chi connectivity index (χ2n) is 2.48. The molecule has 0 saturated heterocycles. The van der Waals surface area contributed by atoms with Crippen molar-refractivity contribution in [1.82, 2.24) is 10.2 Å². The molecule has 82 valence electrons. The summed E-state index contributed by atoms with van der Waals surface area (Å²) in [4.78, 5) is 10.3. The lowest BCUT2D eigenvalue weighted by molar-refractivity contribution is -0.141. The van der Waals surface area contributed by atoms with Gasteiger partial charge in [0.25, 0.3) is 0 Å². The molecule has 15 heavy (non-hydrogen) atoms. The first-order chi connectivity index (χ1) is 7.00. The molecule has 0 fully saturated rings. The van der Waals surface area contributed by atoms with Crippen LogP contribution in [0.5, 0.6) is 0 Å². The maximum atomic E-state index is 10.3. The Hall–Kier alpha value is -0.560. The fourth-order valence-electron chi connectivity index (χ4n) is 0.729. The van der Waals surface area contributed by atoms with Crippen molar-refractivity contribution in [3.8, 4) is 0 Å². The number of aliphatic carboxylic acids is 1. The van der Waals surface area contributed by atoms with E-state index in [0.29, 0.717) is 5.56 Å². The van der Waals surface area contributed by atoms with Crippen LogP contribution < -0.4 is 0 Å². The maximum Gasteiger partial charge on any atom is 0.343 e. The van der Waals surface area contributed by atoms with Gasteiger partial charge >= 0.3 is 5.97 Å². The smallest absolute Gasteiger partial charge is 0.343 e. The molecule has 1 aromatic heterocycles. The van der Waals surface area contributed by atoms with Crippen LogP contribution in [-0.2, 0) is 10.5 Å². The maximum absolute atomic E-state index is 10.3. The lowest BCUT2D eigenvalue weighted by Crippen LogP contribution is -2.15. The van der Waals surface area contributed by atoms with Crippen LogP contribution in [0.3, 0.4) is 0 Å². The quantitative estimate of drug-likeness (QED) is 0.804. The van der Waals surface area contributed by atoms with Crippen LogP contribution in [0.4, 0.5) is 0 Å². The lowest BCUT2D eigenvalue weighted by Gasteiger charge is -2.05. The summed E-state index contributed by atoms with van der Waals surface area (Å²) in [6.45, 7) is 0. The summed E-state index contributed by atoms with van der Waals surface area (Å²) in [5.41, 5.74) is -0.963. The minimum absolute atomic E-state index is 0.143. The van der Waals surface area contributed by atoms with E-state index in [1.807, 2.05) is 0 Å². The molecule has 1 heterocycles. The molecular formula is C7H6Cl2N2O3S. The zero-order valence-corrected chi connectivity index (χ0v) is 9.55. The van der Waals surface area contributed by atoms with Gasteiger partial charge in [0.2, 0.25) is 0 Å². The second kappa shape index (κ2) is 5.50. The van der Waals surface area contributed by atoms with Crippen molar-refractivity contribution in [2.45, 2.75) is 11.2 Å². The van der Waals surface area contributed by atoms with Crippen LogP contribution in [0.25, 0.3) is 0 Å². The molecule has 5 nitrogen and oxygen atoms in total. The van der Waals surface area contributed by atoms with Crippen molar-refractivity contribution >= 4 is 40.9 Å². The molecule has 8 heteroatoms. The van der Waals surface area contributed by atoms with Crippen LogP contribution in [0.15, 0.2) is 6.07 Å². The Morgan fingerprint density at radius 3 is 2.80 bits per heavy atom. The van der Waals surface area contributed by atoms with E-state index >= 15 is 0 Å². The van der Waals surface area contributed by atoms with Gasteiger partial charge in [-0.1, -0.05) is 23.2 Å². The average Bonchev–Trinajstić information content (AvgIpc) is 2.18. The summed E-state index contributed by atoms with van der Waals surface area (Å²) < 4.78 is 0. The third-order valence-corrected chi connectivity index (χ3v) is 2.90. The standard InChI is InChI=1S/C7H6Cl2N2O3S/c8-4-1-3(5(9)11-10-4)2-15-7(14)6(12)13/h1,7,14H,2H2,(H,12,13). The summed E-state index contributed by atoms with van der Waals surface area (Å²) in [6.07, 6.45) is 0. The number of carboxylic acid groups (broad SMARTS) is 1. The van der Waals surface area contributed by atoms with E-state index in [1.54, 1.807) is 0 Å². The van der Waals surface area contributed by atoms with E-state index in [9.17, 15) is 4.79 Å². The summed E-state index contributed by atoms with van der Waals surface area (Å²) in [7, 11) is 0. The average molecular weight is 269 g/mol. The SMILES string of the molecule is O=C(O)C(O)SCc1cc(Cl)nnc1Cl. The van der Waals surface area contributed by atoms with E-state index in [1.165, 1.54) is 6.07 Å². The van der Waals surface area contributed by atoms with Crippen molar-refractivity contribution in [1.29, 1.82) is 0 Å². The highest BCUT2D eigenvalue weighted by atomic mass is 35.5. The first kappa shape index (κ1) is 12.5. The van der Waals surface area contributed by atoms with Crippen LogP contribution >= 0.6 is 35.0 Å².